The van der Waals surface area contributed by atoms with Crippen LogP contribution < -0.4 is 4.90 Å². The largest absolute Gasteiger partial charge is 0.344 e. The molecule has 40 heavy (non-hydrogen) atoms. The lowest BCUT2D eigenvalue weighted by Crippen LogP contribution is -2.45. The molecule has 0 aliphatic carbocycles. The molecule has 4 nitrogen and oxygen atoms in total. The number of Topliss-reactive ketones (excluding diaryl/α,β-unsaturated/α-hetero) is 1. The summed E-state index contributed by atoms with van der Waals surface area (Å²) >= 11 is 7.99. The summed E-state index contributed by atoms with van der Waals surface area (Å²) in [5.41, 5.74) is 2.65. The summed E-state index contributed by atoms with van der Waals surface area (Å²) in [6.45, 7) is 0. The molecule has 198 valence electrons. The second-order valence-corrected chi connectivity index (χ2v) is 14.1. The minimum absolute atomic E-state index is 0.00100. The van der Waals surface area contributed by atoms with Gasteiger partial charge in [-0.2, -0.15) is 0 Å². The third-order valence-electron chi connectivity index (χ3n) is 7.65. The Balaban J connectivity index is 1.39. The highest BCUT2D eigenvalue weighted by molar-refractivity contribution is 9.10. The number of thioether (sulfide) groups is 3. The molecule has 3 heterocycles. The summed E-state index contributed by atoms with van der Waals surface area (Å²) in [6.07, 6.45) is 0. The van der Waals surface area contributed by atoms with E-state index in [2.05, 4.69) is 45.1 Å². The van der Waals surface area contributed by atoms with E-state index < -0.39 is 17.5 Å². The minimum atomic E-state index is -1.11. The monoisotopic (exact) mass is 642 g/mol. The number of carbonyl (C=O) groups is 2. The van der Waals surface area contributed by atoms with E-state index in [-0.39, 0.29) is 16.3 Å². The number of benzene rings is 4. The van der Waals surface area contributed by atoms with Crippen LogP contribution in [0.5, 0.6) is 0 Å². The molecular weight excluding hydrogens is 620 g/mol. The number of hydrogen-bond donors (Lipinski definition) is 0. The van der Waals surface area contributed by atoms with Gasteiger partial charge >= 0.3 is 0 Å². The van der Waals surface area contributed by atoms with Gasteiger partial charge in [-0.1, -0.05) is 124 Å². The average molecular weight is 644 g/mol. The number of rotatable bonds is 5. The Morgan fingerprint density at radius 1 is 0.900 bits per heavy atom. The van der Waals surface area contributed by atoms with Gasteiger partial charge < -0.3 is 4.90 Å². The second kappa shape index (κ2) is 10.6. The van der Waals surface area contributed by atoms with Gasteiger partial charge in [0.05, 0.1) is 5.69 Å². The Bertz CT molecular complexity index is 1630. The van der Waals surface area contributed by atoms with Crippen LogP contribution in [0.15, 0.2) is 124 Å². The number of nitrogens with zero attached hydrogens (tertiary/aromatic N) is 2. The van der Waals surface area contributed by atoms with Crippen molar-refractivity contribution in [2.24, 2.45) is 4.99 Å². The zero-order valence-electron chi connectivity index (χ0n) is 21.1. The van der Waals surface area contributed by atoms with E-state index in [1.807, 2.05) is 84.9 Å². The third-order valence-corrected chi connectivity index (χ3v) is 11.8. The Morgan fingerprint density at radius 2 is 1.57 bits per heavy atom. The molecule has 4 aromatic rings. The number of hydrogen-bond acceptors (Lipinski definition) is 7. The maximum absolute atomic E-state index is 14.5. The number of anilines is 1. The molecule has 0 amide bonds. The lowest BCUT2D eigenvalue weighted by atomic mass is 9.77. The highest BCUT2D eigenvalue weighted by Crippen LogP contribution is 2.63. The molecule has 0 aromatic heterocycles. The fourth-order valence-electron chi connectivity index (χ4n) is 5.90. The van der Waals surface area contributed by atoms with Gasteiger partial charge in [-0.15, -0.1) is 0 Å². The van der Waals surface area contributed by atoms with Crippen LogP contribution in [0.4, 0.5) is 5.69 Å². The summed E-state index contributed by atoms with van der Waals surface area (Å²) in [6, 6.07) is 35.3. The molecule has 3 aliphatic rings. The molecule has 1 saturated heterocycles. The first-order valence-electron chi connectivity index (χ1n) is 12.9. The highest BCUT2D eigenvalue weighted by atomic mass is 79.9. The van der Waals surface area contributed by atoms with Crippen molar-refractivity contribution < 1.29 is 9.59 Å². The standard InChI is InChI=1S/C32H23BrN2O2S3/c33-23-17-15-22(16-18-23)28(36)27-26(21-11-5-2-6-12-21)32(29-35(27)24-13-7-8-14-25(24)39-29)30(37)40-31(34-32)38-19-20-9-3-1-4-10-20/h1-18,26-27,29H,19H2/t26-,27+,29-,32-/m1/s1. The maximum atomic E-state index is 14.5. The van der Waals surface area contributed by atoms with Crippen LogP contribution in [0.2, 0.25) is 0 Å². The van der Waals surface area contributed by atoms with Crippen molar-refractivity contribution in [1.82, 2.24) is 0 Å². The van der Waals surface area contributed by atoms with Gasteiger partial charge in [0, 0.05) is 26.6 Å². The summed E-state index contributed by atoms with van der Waals surface area (Å²) < 4.78 is 1.68. The fraction of sp³-hybridized carbons (Fsp3) is 0.156. The number of fused-ring (bicyclic) bond motifs is 4. The van der Waals surface area contributed by atoms with Gasteiger partial charge in [-0.3, -0.25) is 14.6 Å². The topological polar surface area (TPSA) is 49.7 Å². The third kappa shape index (κ3) is 4.28. The molecule has 0 N–H and O–H groups in total. The highest BCUT2D eigenvalue weighted by Gasteiger charge is 2.70. The number of para-hydroxylation sites is 1. The predicted molar refractivity (Wildman–Crippen MR) is 171 cm³/mol. The number of halogens is 1. The van der Waals surface area contributed by atoms with Crippen molar-refractivity contribution in [3.05, 3.63) is 130 Å². The van der Waals surface area contributed by atoms with Crippen molar-refractivity contribution in [1.29, 1.82) is 0 Å². The van der Waals surface area contributed by atoms with E-state index in [4.69, 9.17) is 4.99 Å². The lowest BCUT2D eigenvalue weighted by Gasteiger charge is -2.30. The molecule has 8 heteroatoms. The lowest BCUT2D eigenvalue weighted by molar-refractivity contribution is -0.115. The first-order valence-corrected chi connectivity index (χ1v) is 16.4. The van der Waals surface area contributed by atoms with Crippen LogP contribution in [-0.4, -0.2) is 32.2 Å². The van der Waals surface area contributed by atoms with Crippen LogP contribution in [0.1, 0.15) is 27.4 Å². The number of ketones is 1. The summed E-state index contributed by atoms with van der Waals surface area (Å²) in [5, 5.41) is -0.312. The smallest absolute Gasteiger partial charge is 0.227 e. The van der Waals surface area contributed by atoms with Crippen LogP contribution in [0, 0.1) is 0 Å². The van der Waals surface area contributed by atoms with Gasteiger partial charge in [-0.05, 0) is 47.2 Å². The normalized spacial score (nSPS) is 24.7. The molecule has 1 fully saturated rings. The molecule has 0 radical (unpaired) electrons. The van der Waals surface area contributed by atoms with Crippen LogP contribution >= 0.6 is 51.2 Å². The number of carbonyl (C=O) groups excluding carboxylic acids is 2. The van der Waals surface area contributed by atoms with Crippen molar-refractivity contribution in [2.45, 2.75) is 33.5 Å². The van der Waals surface area contributed by atoms with E-state index in [1.54, 1.807) is 23.5 Å². The van der Waals surface area contributed by atoms with E-state index in [9.17, 15) is 9.59 Å². The van der Waals surface area contributed by atoms with Gasteiger partial charge in [0.2, 0.25) is 5.12 Å². The summed E-state index contributed by atoms with van der Waals surface area (Å²) in [5.74, 6) is 0.291. The van der Waals surface area contributed by atoms with Crippen molar-refractivity contribution in [2.75, 3.05) is 4.90 Å². The van der Waals surface area contributed by atoms with Gasteiger partial charge in [0.25, 0.3) is 0 Å². The molecular formula is C32H23BrN2O2S3. The molecule has 0 bridgehead atoms. The van der Waals surface area contributed by atoms with Crippen molar-refractivity contribution in [3.63, 3.8) is 0 Å². The Hall–Kier alpha value is -2.78. The fourth-order valence-corrected chi connectivity index (χ4v) is 9.92. The zero-order chi connectivity index (χ0) is 27.3. The quantitative estimate of drug-likeness (QED) is 0.205. The summed E-state index contributed by atoms with van der Waals surface area (Å²) in [7, 11) is 0. The summed E-state index contributed by atoms with van der Waals surface area (Å²) in [4.78, 5) is 37.4. The SMILES string of the molecule is O=C(c1ccc(Br)cc1)[C@@H]1[C@@H](c2ccccc2)[C@@]2(N=C(SCc3ccccc3)SC2=O)[C@H]2Sc3ccccc3N12. The average Bonchev–Trinajstić information content (AvgIpc) is 3.62. The Labute approximate surface area is 254 Å². The predicted octanol–water partition coefficient (Wildman–Crippen LogP) is 8.04. The maximum Gasteiger partial charge on any atom is 0.227 e. The first-order chi connectivity index (χ1) is 19.6. The van der Waals surface area contributed by atoms with Gasteiger partial charge in [0.15, 0.2) is 11.3 Å². The molecule has 0 unspecified atom stereocenters. The van der Waals surface area contributed by atoms with E-state index >= 15 is 0 Å². The van der Waals surface area contributed by atoms with Crippen LogP contribution in [-0.2, 0) is 10.5 Å². The second-order valence-electron chi connectivity index (χ2n) is 9.92. The molecule has 3 aliphatic heterocycles. The minimum Gasteiger partial charge on any atom is -0.344 e. The zero-order valence-corrected chi connectivity index (χ0v) is 25.2. The van der Waals surface area contributed by atoms with Crippen molar-refractivity contribution in [3.8, 4) is 0 Å². The van der Waals surface area contributed by atoms with E-state index in [1.165, 1.54) is 17.3 Å². The van der Waals surface area contributed by atoms with Crippen molar-refractivity contribution >= 4 is 72.2 Å². The van der Waals surface area contributed by atoms with Gasteiger partial charge in [-0.25, -0.2) is 0 Å². The number of aliphatic imine (C=N–C) groups is 1. The van der Waals surface area contributed by atoms with Gasteiger partial charge in [0.1, 0.15) is 15.8 Å². The molecule has 4 atom stereocenters. The van der Waals surface area contributed by atoms with E-state index in [0.717, 1.165) is 30.7 Å². The Kier molecular flexibility index (Phi) is 6.90. The van der Waals surface area contributed by atoms with Crippen LogP contribution in [0.25, 0.3) is 0 Å². The molecule has 1 spiro atoms. The van der Waals surface area contributed by atoms with E-state index in [0.29, 0.717) is 5.56 Å². The Morgan fingerprint density at radius 3 is 2.33 bits per heavy atom. The molecule has 7 rings (SSSR count). The molecule has 4 aromatic carbocycles. The van der Waals surface area contributed by atoms with Crippen LogP contribution in [0.3, 0.4) is 0 Å². The first kappa shape index (κ1) is 26.1. The molecule has 0 saturated carbocycles.